The SMILES string of the molecule is CC1(C)c2ccccc2-c2ccc(N(c3ccc4c(c3)oc3ccccc34)c3cc(-c4ccccc4)cc4oc5c6ccccc6ccc5c34)cc21. The zero-order chi connectivity index (χ0) is 34.6. The van der Waals surface area contributed by atoms with E-state index >= 15 is 0 Å². The Bertz CT molecular complexity index is 3050. The van der Waals surface area contributed by atoms with Gasteiger partial charge in [-0.3, -0.25) is 0 Å². The van der Waals surface area contributed by atoms with Gasteiger partial charge in [-0.15, -0.1) is 0 Å². The van der Waals surface area contributed by atoms with Gasteiger partial charge in [0.15, 0.2) is 0 Å². The van der Waals surface area contributed by atoms with Crippen LogP contribution in [0.1, 0.15) is 25.0 Å². The fraction of sp³-hybridized carbons (Fsp3) is 0.0612. The number of rotatable bonds is 4. The molecule has 0 N–H and O–H groups in total. The van der Waals surface area contributed by atoms with Crippen LogP contribution in [0.4, 0.5) is 17.1 Å². The molecule has 0 saturated carbocycles. The molecule has 11 rings (SSSR count). The second-order valence-electron chi connectivity index (χ2n) is 14.5. The van der Waals surface area contributed by atoms with Crippen molar-refractivity contribution in [3.05, 3.63) is 175 Å². The van der Waals surface area contributed by atoms with Crippen molar-refractivity contribution in [2.45, 2.75) is 19.3 Å². The lowest BCUT2D eigenvalue weighted by Crippen LogP contribution is -2.16. The Morgan fingerprint density at radius 2 is 1.13 bits per heavy atom. The summed E-state index contributed by atoms with van der Waals surface area (Å²) in [6, 6.07) is 58.8. The molecule has 0 bridgehead atoms. The first-order valence-corrected chi connectivity index (χ1v) is 17.9. The zero-order valence-corrected chi connectivity index (χ0v) is 28.9. The molecular formula is C49H33NO2. The third-order valence-corrected chi connectivity index (χ3v) is 11.2. The fourth-order valence-electron chi connectivity index (χ4n) is 8.70. The monoisotopic (exact) mass is 667 g/mol. The van der Waals surface area contributed by atoms with Gasteiger partial charge in [-0.1, -0.05) is 123 Å². The highest BCUT2D eigenvalue weighted by molar-refractivity contribution is 6.20. The minimum absolute atomic E-state index is 0.154. The predicted octanol–water partition coefficient (Wildman–Crippen LogP) is 14.1. The predicted molar refractivity (Wildman–Crippen MR) is 216 cm³/mol. The molecule has 3 heteroatoms. The first-order chi connectivity index (χ1) is 25.5. The Kier molecular flexibility index (Phi) is 6.01. The Hall–Kier alpha value is -6.58. The van der Waals surface area contributed by atoms with E-state index in [9.17, 15) is 0 Å². The lowest BCUT2D eigenvalue weighted by atomic mass is 9.82. The van der Waals surface area contributed by atoms with Gasteiger partial charge in [0.05, 0.1) is 11.1 Å². The first-order valence-electron chi connectivity index (χ1n) is 17.9. The molecule has 0 aliphatic heterocycles. The van der Waals surface area contributed by atoms with Crippen LogP contribution in [0, 0.1) is 0 Å². The lowest BCUT2D eigenvalue weighted by molar-refractivity contribution is 0.660. The van der Waals surface area contributed by atoms with E-state index in [0.29, 0.717) is 0 Å². The molecule has 2 aromatic heterocycles. The maximum Gasteiger partial charge on any atom is 0.143 e. The van der Waals surface area contributed by atoms with Gasteiger partial charge < -0.3 is 13.7 Å². The second kappa shape index (κ2) is 10.7. The highest BCUT2D eigenvalue weighted by atomic mass is 16.3. The van der Waals surface area contributed by atoms with Crippen LogP contribution in [-0.2, 0) is 5.41 Å². The van der Waals surface area contributed by atoms with Crippen LogP contribution in [0.15, 0.2) is 173 Å². The van der Waals surface area contributed by atoms with Gasteiger partial charge in [-0.25, -0.2) is 0 Å². The van der Waals surface area contributed by atoms with Crippen LogP contribution in [-0.4, -0.2) is 0 Å². The Morgan fingerprint density at radius 1 is 0.442 bits per heavy atom. The lowest BCUT2D eigenvalue weighted by Gasteiger charge is -2.29. The van der Waals surface area contributed by atoms with E-state index in [1.807, 2.05) is 12.1 Å². The largest absolute Gasteiger partial charge is 0.456 e. The number of hydrogen-bond donors (Lipinski definition) is 0. The van der Waals surface area contributed by atoms with E-state index in [1.165, 1.54) is 22.3 Å². The molecule has 0 spiro atoms. The Morgan fingerprint density at radius 3 is 2.04 bits per heavy atom. The molecule has 0 fully saturated rings. The standard InChI is InChI=1S/C49H33NO2/c1-49(2)41-18-10-8-16-36(41)37-24-21-33(28-42(37)49)50(34-22-25-39-38-17-9-11-19-44(38)51-45(39)29-34)43-26-32(30-12-4-3-5-13-30)27-46-47(43)40-23-20-31-14-6-7-15-35(31)48(40)52-46/h3-29H,1-2H3. The van der Waals surface area contributed by atoms with Gasteiger partial charge in [0, 0.05) is 44.4 Å². The molecule has 246 valence electrons. The summed E-state index contributed by atoms with van der Waals surface area (Å²) in [4.78, 5) is 2.41. The van der Waals surface area contributed by atoms with E-state index in [0.717, 1.165) is 82.8 Å². The average Bonchev–Trinajstić information content (AvgIpc) is 3.83. The Balaban J connectivity index is 1.24. The number of hydrogen-bond acceptors (Lipinski definition) is 3. The van der Waals surface area contributed by atoms with Crippen molar-refractivity contribution in [3.8, 4) is 22.3 Å². The molecule has 0 radical (unpaired) electrons. The molecule has 0 amide bonds. The van der Waals surface area contributed by atoms with Crippen molar-refractivity contribution < 1.29 is 8.83 Å². The highest BCUT2D eigenvalue weighted by Crippen LogP contribution is 2.52. The summed E-state index contributed by atoms with van der Waals surface area (Å²) in [6.07, 6.45) is 0. The molecule has 1 aliphatic rings. The second-order valence-corrected chi connectivity index (χ2v) is 14.5. The van der Waals surface area contributed by atoms with Crippen molar-refractivity contribution in [3.63, 3.8) is 0 Å². The summed E-state index contributed by atoms with van der Waals surface area (Å²) in [5.41, 5.74) is 14.0. The van der Waals surface area contributed by atoms with Gasteiger partial charge in [0.2, 0.25) is 0 Å². The molecule has 0 unspecified atom stereocenters. The minimum Gasteiger partial charge on any atom is -0.456 e. The molecule has 52 heavy (non-hydrogen) atoms. The molecule has 8 aromatic carbocycles. The minimum atomic E-state index is -0.154. The quantitative estimate of drug-likeness (QED) is 0.187. The molecule has 1 aliphatic carbocycles. The number of furan rings is 2. The summed E-state index contributed by atoms with van der Waals surface area (Å²) < 4.78 is 13.4. The van der Waals surface area contributed by atoms with E-state index in [2.05, 4.69) is 170 Å². The number of nitrogens with zero attached hydrogens (tertiary/aromatic N) is 1. The van der Waals surface area contributed by atoms with Gasteiger partial charge in [-0.05, 0) is 87.3 Å². The summed E-state index contributed by atoms with van der Waals surface area (Å²) in [6.45, 7) is 4.68. The molecule has 0 saturated heterocycles. The summed E-state index contributed by atoms with van der Waals surface area (Å²) >= 11 is 0. The molecular weight excluding hydrogens is 635 g/mol. The first kappa shape index (κ1) is 29.2. The Labute approximate surface area is 301 Å². The van der Waals surface area contributed by atoms with Gasteiger partial charge >= 0.3 is 0 Å². The third kappa shape index (κ3) is 4.14. The van der Waals surface area contributed by atoms with Crippen LogP contribution in [0.3, 0.4) is 0 Å². The van der Waals surface area contributed by atoms with E-state index in [-0.39, 0.29) is 5.41 Å². The summed E-state index contributed by atoms with van der Waals surface area (Å²) in [5, 5.41) is 6.66. The van der Waals surface area contributed by atoms with Crippen molar-refractivity contribution in [2.75, 3.05) is 4.90 Å². The van der Waals surface area contributed by atoms with Crippen LogP contribution in [0.25, 0.3) is 76.9 Å². The summed E-state index contributed by atoms with van der Waals surface area (Å²) in [5.74, 6) is 0. The van der Waals surface area contributed by atoms with Gasteiger partial charge in [0.25, 0.3) is 0 Å². The zero-order valence-electron chi connectivity index (χ0n) is 28.9. The molecule has 0 atom stereocenters. The van der Waals surface area contributed by atoms with Gasteiger partial charge in [-0.2, -0.15) is 0 Å². The maximum absolute atomic E-state index is 6.90. The van der Waals surface area contributed by atoms with Crippen LogP contribution in [0.2, 0.25) is 0 Å². The van der Waals surface area contributed by atoms with Crippen LogP contribution >= 0.6 is 0 Å². The topological polar surface area (TPSA) is 29.5 Å². The summed E-state index contributed by atoms with van der Waals surface area (Å²) in [7, 11) is 0. The van der Waals surface area contributed by atoms with Crippen molar-refractivity contribution in [1.82, 2.24) is 0 Å². The van der Waals surface area contributed by atoms with Crippen molar-refractivity contribution >= 4 is 71.7 Å². The number of benzene rings is 8. The third-order valence-electron chi connectivity index (χ3n) is 11.2. The molecule has 3 nitrogen and oxygen atoms in total. The van der Waals surface area contributed by atoms with Gasteiger partial charge in [0.1, 0.15) is 22.3 Å². The fourth-order valence-corrected chi connectivity index (χ4v) is 8.70. The number of para-hydroxylation sites is 1. The van der Waals surface area contributed by atoms with Crippen LogP contribution < -0.4 is 4.90 Å². The average molecular weight is 668 g/mol. The maximum atomic E-state index is 6.90. The van der Waals surface area contributed by atoms with Crippen LogP contribution in [0.5, 0.6) is 0 Å². The van der Waals surface area contributed by atoms with E-state index < -0.39 is 0 Å². The number of fused-ring (bicyclic) bond motifs is 11. The molecule has 10 aromatic rings. The highest BCUT2D eigenvalue weighted by Gasteiger charge is 2.36. The van der Waals surface area contributed by atoms with Crippen molar-refractivity contribution in [1.29, 1.82) is 0 Å². The molecule has 2 heterocycles. The van der Waals surface area contributed by atoms with E-state index in [1.54, 1.807) is 0 Å². The normalized spacial score (nSPS) is 13.3. The van der Waals surface area contributed by atoms with E-state index in [4.69, 9.17) is 8.83 Å². The smallest absolute Gasteiger partial charge is 0.143 e. The van der Waals surface area contributed by atoms with Crippen molar-refractivity contribution in [2.24, 2.45) is 0 Å². The number of anilines is 3.